The first-order valence-electron chi connectivity index (χ1n) is 7.10. The second-order valence-electron chi connectivity index (χ2n) is 5.37. The lowest BCUT2D eigenvalue weighted by Gasteiger charge is -2.26. The molecule has 0 aliphatic carbocycles. The molecule has 0 saturated carbocycles. The Balaban J connectivity index is 1.95. The van der Waals surface area contributed by atoms with E-state index in [4.69, 9.17) is 11.6 Å². The molecule has 1 aliphatic heterocycles. The van der Waals surface area contributed by atoms with Crippen molar-refractivity contribution in [2.45, 2.75) is 6.17 Å². The molecule has 0 saturated heterocycles. The lowest BCUT2D eigenvalue weighted by atomic mass is 10.0. The molecule has 3 N–H and O–H groups in total. The van der Waals surface area contributed by atoms with E-state index >= 15 is 0 Å². The highest BCUT2D eigenvalue weighted by Gasteiger charge is 2.32. The van der Waals surface area contributed by atoms with Gasteiger partial charge in [0.05, 0.1) is 22.7 Å². The number of carbonyl (C=O) groups is 2. The highest BCUT2D eigenvalue weighted by atomic mass is 35.5. The molecule has 2 aromatic heterocycles. The minimum atomic E-state index is -1.24. The first kappa shape index (κ1) is 15.2. The van der Waals surface area contributed by atoms with E-state index in [2.05, 4.69) is 15.4 Å². The molecule has 1 aromatic carbocycles. The maximum Gasteiger partial charge on any atom is 0.356 e. The van der Waals surface area contributed by atoms with E-state index in [-0.39, 0.29) is 5.69 Å². The van der Waals surface area contributed by atoms with E-state index in [9.17, 15) is 19.8 Å². The fourth-order valence-electron chi connectivity index (χ4n) is 2.76. The molecule has 0 amide bonds. The molecule has 1 aliphatic rings. The fourth-order valence-corrected chi connectivity index (χ4v) is 3.03. The zero-order valence-corrected chi connectivity index (χ0v) is 13.2. The molecule has 4 rings (SSSR count). The number of benzene rings is 1. The quantitative estimate of drug-likeness (QED) is 0.654. The van der Waals surface area contributed by atoms with Crippen molar-refractivity contribution in [3.05, 3.63) is 47.6 Å². The van der Waals surface area contributed by atoms with Crippen LogP contribution in [0.2, 0.25) is 5.02 Å². The zero-order chi connectivity index (χ0) is 17.7. The number of carboxylic acids is 2. The molecule has 25 heavy (non-hydrogen) atoms. The number of imidazole rings is 1. The van der Waals surface area contributed by atoms with Crippen LogP contribution in [0.4, 0.5) is 5.69 Å². The number of hydrogen-bond donors (Lipinski definition) is 3. The second kappa shape index (κ2) is 5.35. The molecule has 10 heteroatoms. The minimum absolute atomic E-state index is 0.241. The molecule has 0 radical (unpaired) electrons. The second-order valence-corrected chi connectivity index (χ2v) is 5.78. The van der Waals surface area contributed by atoms with Crippen molar-refractivity contribution in [2.24, 2.45) is 0 Å². The predicted octanol–water partition coefficient (Wildman–Crippen LogP) is 2.10. The number of aliphatic carboxylic acids is 1. The summed E-state index contributed by atoms with van der Waals surface area (Å²) in [7, 11) is 0. The smallest absolute Gasteiger partial charge is 0.356 e. The van der Waals surface area contributed by atoms with Crippen LogP contribution in [-0.2, 0) is 4.79 Å². The van der Waals surface area contributed by atoms with E-state index in [1.54, 1.807) is 35.4 Å². The molecule has 126 valence electrons. The van der Waals surface area contributed by atoms with Crippen molar-refractivity contribution in [3.8, 4) is 16.9 Å². The van der Waals surface area contributed by atoms with Crippen molar-refractivity contribution >= 4 is 29.2 Å². The van der Waals surface area contributed by atoms with Crippen molar-refractivity contribution in [2.75, 3.05) is 5.32 Å². The number of rotatable bonds is 3. The number of nitrogens with zero attached hydrogens (tertiary/aromatic N) is 4. The zero-order valence-electron chi connectivity index (χ0n) is 12.4. The van der Waals surface area contributed by atoms with Gasteiger partial charge in [0.25, 0.3) is 0 Å². The topological polar surface area (TPSA) is 122 Å². The van der Waals surface area contributed by atoms with Gasteiger partial charge in [-0.25, -0.2) is 19.3 Å². The van der Waals surface area contributed by atoms with Crippen LogP contribution >= 0.6 is 11.6 Å². The van der Waals surface area contributed by atoms with Gasteiger partial charge in [0.15, 0.2) is 5.69 Å². The third-order valence-electron chi connectivity index (χ3n) is 3.87. The van der Waals surface area contributed by atoms with Crippen LogP contribution in [0.3, 0.4) is 0 Å². The standard InChI is InChI=1S/C15H10ClN5O4/c16-8-4-9-7(3-12(8)20-2-1-17-6-20)11-5-10(14(22)23)19-21(11)13(18-9)15(24)25/h1-6,13,18H,(H,22,23)(H,24,25). The van der Waals surface area contributed by atoms with Crippen LogP contribution in [0.15, 0.2) is 36.9 Å². The summed E-state index contributed by atoms with van der Waals surface area (Å²) >= 11 is 6.31. The van der Waals surface area contributed by atoms with Crippen LogP contribution in [0.1, 0.15) is 16.7 Å². The monoisotopic (exact) mass is 359 g/mol. The predicted molar refractivity (Wildman–Crippen MR) is 87.0 cm³/mol. The van der Waals surface area contributed by atoms with E-state index in [0.29, 0.717) is 27.7 Å². The van der Waals surface area contributed by atoms with Crippen LogP contribution in [0.5, 0.6) is 0 Å². The van der Waals surface area contributed by atoms with Gasteiger partial charge in [-0.3, -0.25) is 0 Å². The largest absolute Gasteiger partial charge is 0.478 e. The van der Waals surface area contributed by atoms with Crippen LogP contribution in [-0.4, -0.2) is 41.5 Å². The molecular formula is C15H10ClN5O4. The number of anilines is 1. The Labute approximate surface area is 145 Å². The van der Waals surface area contributed by atoms with Crippen molar-refractivity contribution < 1.29 is 19.8 Å². The Kier molecular flexibility index (Phi) is 3.25. The fraction of sp³-hybridized carbons (Fsp3) is 0.0667. The van der Waals surface area contributed by atoms with Gasteiger partial charge in [-0.1, -0.05) is 11.6 Å². The summed E-state index contributed by atoms with van der Waals surface area (Å²) in [6.07, 6.45) is 3.65. The molecule has 0 bridgehead atoms. The molecular weight excluding hydrogens is 350 g/mol. The highest BCUT2D eigenvalue weighted by Crippen LogP contribution is 2.40. The van der Waals surface area contributed by atoms with Crippen LogP contribution in [0, 0.1) is 0 Å². The summed E-state index contributed by atoms with van der Waals surface area (Å²) in [4.78, 5) is 26.7. The van der Waals surface area contributed by atoms with Crippen molar-refractivity contribution in [3.63, 3.8) is 0 Å². The van der Waals surface area contributed by atoms with E-state index < -0.39 is 18.1 Å². The summed E-state index contributed by atoms with van der Waals surface area (Å²) < 4.78 is 2.84. The lowest BCUT2D eigenvalue weighted by Crippen LogP contribution is -2.31. The van der Waals surface area contributed by atoms with Gasteiger partial charge in [-0.2, -0.15) is 5.10 Å². The number of halogens is 1. The van der Waals surface area contributed by atoms with E-state index in [1.165, 1.54) is 6.07 Å². The third-order valence-corrected chi connectivity index (χ3v) is 4.17. The highest BCUT2D eigenvalue weighted by molar-refractivity contribution is 6.33. The molecule has 1 atom stereocenters. The van der Waals surface area contributed by atoms with E-state index in [0.717, 1.165) is 4.68 Å². The molecule has 0 fully saturated rings. The summed E-state index contributed by atoms with van der Waals surface area (Å²) in [5, 5.41) is 25.7. The summed E-state index contributed by atoms with van der Waals surface area (Å²) in [6.45, 7) is 0. The molecule has 9 nitrogen and oxygen atoms in total. The average molecular weight is 360 g/mol. The summed E-state index contributed by atoms with van der Waals surface area (Å²) in [5.41, 5.74) is 1.82. The summed E-state index contributed by atoms with van der Waals surface area (Å²) in [5.74, 6) is -2.43. The number of nitrogens with one attached hydrogen (secondary N) is 1. The number of aromatic carboxylic acids is 1. The maximum absolute atomic E-state index is 11.5. The number of carboxylic acid groups (broad SMARTS) is 2. The third kappa shape index (κ3) is 2.32. The van der Waals surface area contributed by atoms with Crippen LogP contribution < -0.4 is 5.32 Å². The molecule has 1 unspecified atom stereocenters. The van der Waals surface area contributed by atoms with Gasteiger partial charge in [0.2, 0.25) is 6.17 Å². The van der Waals surface area contributed by atoms with Crippen molar-refractivity contribution in [1.29, 1.82) is 0 Å². The Morgan fingerprint density at radius 3 is 2.68 bits per heavy atom. The normalized spacial score (nSPS) is 15.2. The van der Waals surface area contributed by atoms with Crippen molar-refractivity contribution in [1.82, 2.24) is 19.3 Å². The number of fused-ring (bicyclic) bond motifs is 3. The SMILES string of the molecule is O=C(O)c1cc2n(n1)C(C(=O)O)Nc1cc(Cl)c(-n3ccnc3)cc1-2. The van der Waals surface area contributed by atoms with Gasteiger partial charge < -0.3 is 20.1 Å². The van der Waals surface area contributed by atoms with E-state index in [1.807, 2.05) is 0 Å². The average Bonchev–Trinajstić information content (AvgIpc) is 3.22. The first-order valence-corrected chi connectivity index (χ1v) is 7.48. The lowest BCUT2D eigenvalue weighted by molar-refractivity contribution is -0.140. The Morgan fingerprint density at radius 2 is 2.04 bits per heavy atom. The van der Waals surface area contributed by atoms with Crippen LogP contribution in [0.25, 0.3) is 16.9 Å². The number of aromatic nitrogens is 4. The minimum Gasteiger partial charge on any atom is -0.478 e. The molecule has 0 spiro atoms. The van der Waals surface area contributed by atoms with Gasteiger partial charge in [-0.05, 0) is 18.2 Å². The Bertz CT molecular complexity index is 1010. The Morgan fingerprint density at radius 1 is 1.24 bits per heavy atom. The molecule has 3 aromatic rings. The first-order chi connectivity index (χ1) is 12.0. The maximum atomic E-state index is 11.5. The number of hydrogen-bond acceptors (Lipinski definition) is 5. The summed E-state index contributed by atoms with van der Waals surface area (Å²) in [6, 6.07) is 4.66. The van der Waals surface area contributed by atoms with Gasteiger partial charge in [0.1, 0.15) is 0 Å². The molecule has 3 heterocycles. The van der Waals surface area contributed by atoms with Gasteiger partial charge >= 0.3 is 11.9 Å². The Hall–Kier alpha value is -3.33. The van der Waals surface area contributed by atoms with Gasteiger partial charge in [0, 0.05) is 23.6 Å². The van der Waals surface area contributed by atoms with Gasteiger partial charge in [-0.15, -0.1) is 0 Å².